The molecule has 130 valence electrons. The van der Waals surface area contributed by atoms with E-state index < -0.39 is 0 Å². The summed E-state index contributed by atoms with van der Waals surface area (Å²) in [5.41, 5.74) is 1.97. The first-order chi connectivity index (χ1) is 13.4. The molecule has 7 heteroatoms. The second-order valence-corrected chi connectivity index (χ2v) is 6.99. The molecule has 27 heavy (non-hydrogen) atoms. The van der Waals surface area contributed by atoms with Gasteiger partial charge in [0.2, 0.25) is 0 Å². The van der Waals surface area contributed by atoms with E-state index in [4.69, 9.17) is 0 Å². The van der Waals surface area contributed by atoms with E-state index in [1.165, 1.54) is 0 Å². The molecular formula is C20H14N6S. The molecule has 0 saturated carbocycles. The summed E-state index contributed by atoms with van der Waals surface area (Å²) in [6, 6.07) is 23.8. The highest BCUT2D eigenvalue weighted by molar-refractivity contribution is 7.18. The summed E-state index contributed by atoms with van der Waals surface area (Å²) >= 11 is 1.59. The van der Waals surface area contributed by atoms with Crippen molar-refractivity contribution in [2.75, 3.05) is 0 Å². The summed E-state index contributed by atoms with van der Waals surface area (Å²) in [4.78, 5) is 11.2. The molecule has 0 aliphatic heterocycles. The lowest BCUT2D eigenvalue weighted by atomic mass is 10.2. The van der Waals surface area contributed by atoms with Crippen molar-refractivity contribution in [2.24, 2.45) is 0 Å². The van der Waals surface area contributed by atoms with Crippen LogP contribution in [0.1, 0.15) is 0 Å². The minimum atomic E-state index is 0.687. The van der Waals surface area contributed by atoms with Crippen LogP contribution in [0.3, 0.4) is 0 Å². The maximum absolute atomic E-state index is 4.61. The first-order valence-electron chi connectivity index (χ1n) is 8.43. The van der Waals surface area contributed by atoms with Crippen molar-refractivity contribution in [2.45, 2.75) is 0 Å². The average Bonchev–Trinajstić information content (AvgIpc) is 3.49. The number of nitrogens with one attached hydrogen (secondary N) is 2. The normalized spacial score (nSPS) is 11.0. The lowest BCUT2D eigenvalue weighted by Gasteiger charge is -1.92. The van der Waals surface area contributed by atoms with Gasteiger partial charge in [-0.1, -0.05) is 60.7 Å². The largest absolute Gasteiger partial charge is 0.258 e. The van der Waals surface area contributed by atoms with Gasteiger partial charge < -0.3 is 0 Å². The molecule has 0 aliphatic carbocycles. The summed E-state index contributed by atoms with van der Waals surface area (Å²) in [5, 5.41) is 14.7. The standard InChI is InChI=1S/C20H14N6S/c1-3-7-13(8-4-1)17-21-19(25-23-17)15-11-12-16(27-15)20-22-18(24-26-20)14-9-5-2-6-10-14/h1-12H,(H,21,23,25)(H,22,24,26). The highest BCUT2D eigenvalue weighted by atomic mass is 32.1. The lowest BCUT2D eigenvalue weighted by Crippen LogP contribution is -1.79. The van der Waals surface area contributed by atoms with Crippen molar-refractivity contribution >= 4 is 11.3 Å². The second-order valence-electron chi connectivity index (χ2n) is 5.91. The molecule has 0 bridgehead atoms. The SMILES string of the molecule is c1ccc(-c2n[nH]c(-c3ccc(-c4nc(-c5ccccc5)n[nH]4)s3)n2)cc1. The molecule has 0 radical (unpaired) electrons. The first-order valence-corrected chi connectivity index (χ1v) is 9.25. The fourth-order valence-electron chi connectivity index (χ4n) is 2.77. The Morgan fingerprint density at radius 1 is 0.556 bits per heavy atom. The molecule has 3 aromatic heterocycles. The van der Waals surface area contributed by atoms with E-state index >= 15 is 0 Å². The Bertz CT molecular complexity index is 1080. The van der Waals surface area contributed by atoms with Crippen LogP contribution in [0.5, 0.6) is 0 Å². The molecule has 6 nitrogen and oxygen atoms in total. The van der Waals surface area contributed by atoms with Crippen molar-refractivity contribution in [1.29, 1.82) is 0 Å². The van der Waals surface area contributed by atoms with Gasteiger partial charge in [0.05, 0.1) is 9.75 Å². The fraction of sp³-hybridized carbons (Fsp3) is 0. The third-order valence-corrected chi connectivity index (χ3v) is 5.21. The number of hydrogen-bond acceptors (Lipinski definition) is 5. The van der Waals surface area contributed by atoms with Crippen LogP contribution >= 0.6 is 11.3 Å². The highest BCUT2D eigenvalue weighted by Gasteiger charge is 2.13. The average molecular weight is 370 g/mol. The highest BCUT2D eigenvalue weighted by Crippen LogP contribution is 2.32. The summed E-state index contributed by atoms with van der Waals surface area (Å²) < 4.78 is 0. The molecular weight excluding hydrogens is 356 g/mol. The fourth-order valence-corrected chi connectivity index (χ4v) is 3.65. The molecule has 0 aliphatic rings. The van der Waals surface area contributed by atoms with E-state index in [1.807, 2.05) is 72.8 Å². The minimum Gasteiger partial charge on any atom is -0.258 e. The molecule has 5 aromatic rings. The summed E-state index contributed by atoms with van der Waals surface area (Å²) in [5.74, 6) is 2.86. The third-order valence-electron chi connectivity index (χ3n) is 4.11. The number of aromatic nitrogens is 6. The van der Waals surface area contributed by atoms with E-state index in [2.05, 4.69) is 30.4 Å². The Balaban J connectivity index is 1.42. The van der Waals surface area contributed by atoms with Crippen LogP contribution in [0.15, 0.2) is 72.8 Å². The van der Waals surface area contributed by atoms with Crippen LogP contribution < -0.4 is 0 Å². The minimum absolute atomic E-state index is 0.687. The van der Waals surface area contributed by atoms with E-state index in [9.17, 15) is 0 Å². The monoisotopic (exact) mass is 370 g/mol. The number of H-pyrrole nitrogens is 2. The zero-order valence-corrected chi connectivity index (χ0v) is 14.9. The molecule has 0 saturated heterocycles. The van der Waals surface area contributed by atoms with Gasteiger partial charge >= 0.3 is 0 Å². The molecule has 0 amide bonds. The molecule has 2 N–H and O–H groups in total. The van der Waals surface area contributed by atoms with Gasteiger partial charge in [-0.3, -0.25) is 10.2 Å². The topological polar surface area (TPSA) is 83.1 Å². The Labute approximate surface area is 159 Å². The third kappa shape index (κ3) is 3.04. The quantitative estimate of drug-likeness (QED) is 0.482. The van der Waals surface area contributed by atoms with Crippen molar-refractivity contribution < 1.29 is 0 Å². The Morgan fingerprint density at radius 3 is 1.44 bits per heavy atom. The van der Waals surface area contributed by atoms with E-state index in [-0.39, 0.29) is 0 Å². The van der Waals surface area contributed by atoms with Crippen LogP contribution in [-0.2, 0) is 0 Å². The summed E-state index contributed by atoms with van der Waals surface area (Å²) in [7, 11) is 0. The summed E-state index contributed by atoms with van der Waals surface area (Å²) in [6.07, 6.45) is 0. The van der Waals surface area contributed by atoms with Gasteiger partial charge in [-0.05, 0) is 12.1 Å². The maximum atomic E-state index is 4.61. The smallest absolute Gasteiger partial charge is 0.181 e. The molecule has 0 fully saturated rings. The molecule has 3 heterocycles. The van der Waals surface area contributed by atoms with Crippen molar-refractivity contribution in [1.82, 2.24) is 30.4 Å². The van der Waals surface area contributed by atoms with Crippen molar-refractivity contribution in [3.05, 3.63) is 72.8 Å². The number of rotatable bonds is 4. The number of nitrogens with zero attached hydrogens (tertiary/aromatic N) is 4. The second kappa shape index (κ2) is 6.62. The van der Waals surface area contributed by atoms with E-state index in [0.29, 0.717) is 11.6 Å². The van der Waals surface area contributed by atoms with Gasteiger partial charge in [-0.15, -0.1) is 11.3 Å². The zero-order chi connectivity index (χ0) is 18.1. The van der Waals surface area contributed by atoms with Crippen LogP contribution in [0.4, 0.5) is 0 Å². The number of aromatic amines is 2. The molecule has 5 rings (SSSR count). The summed E-state index contributed by atoms with van der Waals surface area (Å²) in [6.45, 7) is 0. The molecule has 0 atom stereocenters. The Hall–Kier alpha value is -3.58. The Morgan fingerprint density at radius 2 is 1.00 bits per heavy atom. The number of thiophene rings is 1. The zero-order valence-electron chi connectivity index (χ0n) is 14.1. The first kappa shape index (κ1) is 15.7. The van der Waals surface area contributed by atoms with Gasteiger partial charge in [0, 0.05) is 11.1 Å². The molecule has 0 unspecified atom stereocenters. The van der Waals surface area contributed by atoms with Crippen LogP contribution in [0.2, 0.25) is 0 Å². The van der Waals surface area contributed by atoms with E-state index in [0.717, 1.165) is 32.5 Å². The predicted molar refractivity (Wildman–Crippen MR) is 106 cm³/mol. The van der Waals surface area contributed by atoms with Crippen LogP contribution in [0, 0.1) is 0 Å². The molecule has 2 aromatic carbocycles. The number of hydrogen-bond donors (Lipinski definition) is 2. The molecule has 0 spiro atoms. The van der Waals surface area contributed by atoms with Crippen LogP contribution in [-0.4, -0.2) is 30.4 Å². The van der Waals surface area contributed by atoms with Gasteiger partial charge in [-0.2, -0.15) is 10.2 Å². The van der Waals surface area contributed by atoms with Gasteiger partial charge in [0.1, 0.15) is 0 Å². The lowest BCUT2D eigenvalue weighted by molar-refractivity contribution is 1.10. The van der Waals surface area contributed by atoms with Crippen LogP contribution in [0.25, 0.3) is 44.2 Å². The predicted octanol–water partition coefficient (Wildman–Crippen LogP) is 4.65. The van der Waals surface area contributed by atoms with Gasteiger partial charge in [0.15, 0.2) is 23.3 Å². The number of benzene rings is 2. The van der Waals surface area contributed by atoms with E-state index in [1.54, 1.807) is 11.3 Å². The van der Waals surface area contributed by atoms with Crippen molar-refractivity contribution in [3.63, 3.8) is 0 Å². The maximum Gasteiger partial charge on any atom is 0.181 e. The van der Waals surface area contributed by atoms with Crippen molar-refractivity contribution in [3.8, 4) is 44.2 Å². The van der Waals surface area contributed by atoms with Gasteiger partial charge in [-0.25, -0.2) is 9.97 Å². The van der Waals surface area contributed by atoms with Gasteiger partial charge in [0.25, 0.3) is 0 Å². The Kier molecular flexibility index (Phi) is 3.84.